The second kappa shape index (κ2) is 2.66. The standard InChI is InChI=1S/C11H15N2/c1-11(2,3)9-8-13-7-5-4-6-10(13)12-9/h4-9H,1-3H3/q+1. The zero-order chi connectivity index (χ0) is 9.47. The van der Waals surface area contributed by atoms with Crippen LogP contribution in [0.15, 0.2) is 29.4 Å². The van der Waals surface area contributed by atoms with Crippen molar-refractivity contribution in [2.75, 3.05) is 0 Å². The molecular weight excluding hydrogens is 160 g/mol. The minimum absolute atomic E-state index is 0.214. The van der Waals surface area contributed by atoms with E-state index in [0.717, 1.165) is 5.49 Å². The van der Waals surface area contributed by atoms with Crippen LogP contribution in [0.1, 0.15) is 20.8 Å². The molecule has 0 N–H and O–H groups in total. The summed E-state index contributed by atoms with van der Waals surface area (Å²) in [5.74, 6) is 0. The molecule has 13 heavy (non-hydrogen) atoms. The molecule has 0 aliphatic carbocycles. The maximum Gasteiger partial charge on any atom is 0.322 e. The first kappa shape index (κ1) is 8.42. The van der Waals surface area contributed by atoms with Crippen LogP contribution >= 0.6 is 0 Å². The van der Waals surface area contributed by atoms with E-state index in [-0.39, 0.29) is 5.41 Å². The third kappa shape index (κ3) is 1.48. The van der Waals surface area contributed by atoms with Crippen molar-refractivity contribution < 1.29 is 4.24 Å². The van der Waals surface area contributed by atoms with Crippen LogP contribution in [-0.4, -0.2) is 6.04 Å². The average Bonchev–Trinajstić information content (AvgIpc) is 2.45. The molecule has 0 spiro atoms. The molecule has 0 saturated carbocycles. The van der Waals surface area contributed by atoms with Gasteiger partial charge in [-0.2, -0.15) is 0 Å². The molecule has 0 bridgehead atoms. The Hall–Kier alpha value is -1.18. The van der Waals surface area contributed by atoms with Gasteiger partial charge in [0.25, 0.3) is 0 Å². The van der Waals surface area contributed by atoms with Gasteiger partial charge in [-0.3, -0.25) is 0 Å². The third-order valence-electron chi connectivity index (χ3n) is 2.33. The van der Waals surface area contributed by atoms with Crippen LogP contribution in [0.4, 0.5) is 0 Å². The van der Waals surface area contributed by atoms with Gasteiger partial charge in [0.1, 0.15) is 6.21 Å². The Labute approximate surface area is 78.3 Å². The Kier molecular flexibility index (Phi) is 1.72. The van der Waals surface area contributed by atoms with E-state index in [2.05, 4.69) is 36.2 Å². The van der Waals surface area contributed by atoms with Crippen molar-refractivity contribution in [3.63, 3.8) is 0 Å². The summed E-state index contributed by atoms with van der Waals surface area (Å²) in [6, 6.07) is 6.40. The summed E-state index contributed by atoms with van der Waals surface area (Å²) in [4.78, 5) is 4.63. The molecule has 1 unspecified atom stereocenters. The summed E-state index contributed by atoms with van der Waals surface area (Å²) in [5.41, 5.74) is 1.27. The van der Waals surface area contributed by atoms with Gasteiger partial charge in [-0.05, 0) is 6.07 Å². The fourth-order valence-corrected chi connectivity index (χ4v) is 1.43. The molecule has 68 valence electrons. The van der Waals surface area contributed by atoms with Gasteiger partial charge >= 0.3 is 5.49 Å². The smallest absolute Gasteiger partial charge is 0.203 e. The number of aromatic nitrogens is 1. The molecule has 0 amide bonds. The van der Waals surface area contributed by atoms with Crippen LogP contribution in [0.5, 0.6) is 0 Å². The van der Waals surface area contributed by atoms with Crippen molar-refractivity contribution in [2.24, 2.45) is 10.4 Å². The molecule has 1 atom stereocenters. The highest BCUT2D eigenvalue weighted by Crippen LogP contribution is 2.22. The summed E-state index contributed by atoms with van der Waals surface area (Å²) in [6.45, 7) is 6.64. The molecule has 0 saturated heterocycles. The van der Waals surface area contributed by atoms with Crippen LogP contribution in [-0.2, 0) is 0 Å². The lowest BCUT2D eigenvalue weighted by Crippen LogP contribution is -2.33. The van der Waals surface area contributed by atoms with Crippen LogP contribution in [0, 0.1) is 11.6 Å². The van der Waals surface area contributed by atoms with E-state index in [1.807, 2.05) is 24.4 Å². The molecule has 2 heteroatoms. The Morgan fingerprint density at radius 3 is 2.69 bits per heavy atom. The molecule has 1 aliphatic heterocycles. The van der Waals surface area contributed by atoms with Crippen molar-refractivity contribution in [3.05, 3.63) is 36.1 Å². The number of fused-ring (bicyclic) bond motifs is 1. The van der Waals surface area contributed by atoms with Crippen molar-refractivity contribution in [3.8, 4) is 0 Å². The lowest BCUT2D eigenvalue weighted by atomic mass is 9.88. The van der Waals surface area contributed by atoms with Crippen LogP contribution < -0.4 is 9.73 Å². The van der Waals surface area contributed by atoms with E-state index in [9.17, 15) is 0 Å². The Balaban J connectivity index is 2.53. The summed E-state index contributed by atoms with van der Waals surface area (Å²) < 4.78 is 2.09. The van der Waals surface area contributed by atoms with E-state index in [0.29, 0.717) is 6.04 Å². The van der Waals surface area contributed by atoms with Gasteiger partial charge in [-0.25, -0.2) is 4.24 Å². The van der Waals surface area contributed by atoms with Gasteiger partial charge in [0.15, 0.2) is 6.04 Å². The largest absolute Gasteiger partial charge is 0.322 e. The third-order valence-corrected chi connectivity index (χ3v) is 2.33. The molecule has 2 heterocycles. The summed E-state index contributed by atoms with van der Waals surface area (Å²) in [5, 5.41) is 0. The highest BCUT2D eigenvalue weighted by Gasteiger charge is 2.31. The van der Waals surface area contributed by atoms with Crippen LogP contribution in [0.3, 0.4) is 0 Å². The highest BCUT2D eigenvalue weighted by molar-refractivity contribution is 4.92. The molecule has 1 aromatic heterocycles. The minimum Gasteiger partial charge on any atom is -0.203 e. The van der Waals surface area contributed by atoms with Crippen LogP contribution in [0.2, 0.25) is 0 Å². The van der Waals surface area contributed by atoms with Crippen molar-refractivity contribution in [1.82, 2.24) is 0 Å². The second-order valence-corrected chi connectivity index (χ2v) is 4.56. The Bertz CT molecular complexity index is 391. The van der Waals surface area contributed by atoms with Crippen molar-refractivity contribution in [1.29, 1.82) is 0 Å². The van der Waals surface area contributed by atoms with E-state index in [4.69, 9.17) is 0 Å². The number of hydrogen-bond acceptors (Lipinski definition) is 1. The molecule has 0 aromatic carbocycles. The number of pyridine rings is 1. The fraction of sp³-hybridized carbons (Fsp3) is 0.455. The number of nitrogens with zero attached hydrogens (tertiary/aromatic N) is 2. The van der Waals surface area contributed by atoms with Gasteiger partial charge in [0, 0.05) is 11.5 Å². The second-order valence-electron chi connectivity index (χ2n) is 4.56. The molecule has 2 rings (SSSR count). The zero-order valence-corrected chi connectivity index (χ0v) is 8.36. The molecule has 1 aromatic rings. The molecule has 0 fully saturated rings. The first-order valence-electron chi connectivity index (χ1n) is 4.63. The normalized spacial score (nSPS) is 20.4. The summed E-state index contributed by atoms with van der Waals surface area (Å²) >= 11 is 0. The monoisotopic (exact) mass is 175 g/mol. The van der Waals surface area contributed by atoms with Gasteiger partial charge in [0.05, 0.1) is 6.20 Å². The molecule has 1 aliphatic rings. The predicted octanol–water partition coefficient (Wildman–Crippen LogP) is 1.03. The first-order chi connectivity index (χ1) is 6.07. The fourth-order valence-electron chi connectivity index (χ4n) is 1.43. The van der Waals surface area contributed by atoms with Crippen molar-refractivity contribution in [2.45, 2.75) is 26.8 Å². The quantitative estimate of drug-likeness (QED) is 0.524. The summed E-state index contributed by atoms with van der Waals surface area (Å²) in [7, 11) is 0. The molecule has 0 radical (unpaired) electrons. The lowest BCUT2D eigenvalue weighted by Gasteiger charge is -2.15. The number of rotatable bonds is 0. The van der Waals surface area contributed by atoms with Gasteiger partial charge in [-0.15, -0.1) is 0 Å². The molecular formula is C11H15N2+. The maximum atomic E-state index is 4.63. The highest BCUT2D eigenvalue weighted by atomic mass is 15.0. The topological polar surface area (TPSA) is 18.3 Å². The Morgan fingerprint density at radius 2 is 2.08 bits per heavy atom. The van der Waals surface area contributed by atoms with Crippen molar-refractivity contribution >= 4 is 0 Å². The van der Waals surface area contributed by atoms with Gasteiger partial charge in [0.2, 0.25) is 0 Å². The summed E-state index contributed by atoms with van der Waals surface area (Å²) in [6.07, 6.45) is 4.22. The molecule has 2 nitrogen and oxygen atoms in total. The van der Waals surface area contributed by atoms with E-state index in [1.54, 1.807) is 0 Å². The number of hydrogen-bond donors (Lipinski definition) is 0. The lowest BCUT2D eigenvalue weighted by molar-refractivity contribution is -0.523. The van der Waals surface area contributed by atoms with Crippen LogP contribution in [0.25, 0.3) is 0 Å². The van der Waals surface area contributed by atoms with E-state index >= 15 is 0 Å². The van der Waals surface area contributed by atoms with Gasteiger partial charge in [-0.1, -0.05) is 31.8 Å². The average molecular weight is 175 g/mol. The maximum absolute atomic E-state index is 4.63. The van der Waals surface area contributed by atoms with E-state index in [1.165, 1.54) is 0 Å². The van der Waals surface area contributed by atoms with E-state index < -0.39 is 0 Å². The Morgan fingerprint density at radius 1 is 1.31 bits per heavy atom. The predicted molar refractivity (Wildman–Crippen MR) is 50.7 cm³/mol. The SMILES string of the molecule is CC(C)(C)C1C=[n+]2ccccc2=N1. The van der Waals surface area contributed by atoms with Gasteiger partial charge < -0.3 is 0 Å². The minimum atomic E-state index is 0.214. The first-order valence-corrected chi connectivity index (χ1v) is 4.63. The zero-order valence-electron chi connectivity index (χ0n) is 8.36.